The summed E-state index contributed by atoms with van der Waals surface area (Å²) in [6, 6.07) is 3.49. The van der Waals surface area contributed by atoms with Gasteiger partial charge in [0, 0.05) is 18.9 Å². The molecule has 0 atom stereocenters. The second kappa shape index (κ2) is 4.73. The number of hydrogen-bond donors (Lipinski definition) is 3. The van der Waals surface area contributed by atoms with E-state index in [0.29, 0.717) is 24.5 Å². The van der Waals surface area contributed by atoms with Crippen LogP contribution < -0.4 is 11.1 Å². The number of nitrogens with zero attached hydrogens (tertiary/aromatic N) is 2. The molecule has 90 valence electrons. The van der Waals surface area contributed by atoms with E-state index in [2.05, 4.69) is 15.5 Å². The number of amides is 1. The third kappa shape index (κ3) is 2.47. The van der Waals surface area contributed by atoms with Crippen molar-refractivity contribution in [2.75, 3.05) is 5.73 Å². The average Bonchev–Trinajstić information content (AvgIpc) is 2.94. The van der Waals surface area contributed by atoms with Crippen molar-refractivity contribution in [3.8, 4) is 0 Å². The Balaban J connectivity index is 2.04. The Kier molecular flexibility index (Phi) is 3.13. The number of anilines is 1. The number of H-pyrrole nitrogens is 1. The molecular weight excluding hydrogens is 218 g/mol. The number of nitrogens with one attached hydrogen (secondary N) is 2. The molecule has 0 unspecified atom stereocenters. The minimum atomic E-state index is -0.141. The maximum absolute atomic E-state index is 11.9. The van der Waals surface area contributed by atoms with E-state index >= 15 is 0 Å². The van der Waals surface area contributed by atoms with Gasteiger partial charge in [-0.3, -0.25) is 9.89 Å². The first-order valence-electron chi connectivity index (χ1n) is 5.42. The van der Waals surface area contributed by atoms with E-state index in [0.717, 1.165) is 5.69 Å². The van der Waals surface area contributed by atoms with Crippen LogP contribution in [0, 0.1) is 0 Å². The molecule has 0 bridgehead atoms. The Labute approximate surface area is 98.8 Å². The van der Waals surface area contributed by atoms with Gasteiger partial charge in [-0.2, -0.15) is 5.10 Å². The summed E-state index contributed by atoms with van der Waals surface area (Å²) in [5.74, 6) is -0.141. The zero-order valence-electron chi connectivity index (χ0n) is 9.60. The van der Waals surface area contributed by atoms with Gasteiger partial charge in [0.1, 0.15) is 5.69 Å². The predicted molar refractivity (Wildman–Crippen MR) is 64.3 cm³/mol. The highest BCUT2D eigenvalue weighted by Gasteiger charge is 2.11. The van der Waals surface area contributed by atoms with Crippen LogP contribution >= 0.6 is 0 Å². The van der Waals surface area contributed by atoms with Crippen molar-refractivity contribution in [1.82, 2.24) is 20.1 Å². The van der Waals surface area contributed by atoms with Gasteiger partial charge in [-0.1, -0.05) is 0 Å². The third-order valence-electron chi connectivity index (χ3n) is 2.49. The molecule has 4 N–H and O–H groups in total. The lowest BCUT2D eigenvalue weighted by Gasteiger charge is -2.06. The van der Waals surface area contributed by atoms with Crippen LogP contribution in [0.1, 0.15) is 23.1 Å². The van der Waals surface area contributed by atoms with Gasteiger partial charge in [0.2, 0.25) is 0 Å². The number of hydrogen-bond acceptors (Lipinski definition) is 3. The molecule has 6 heteroatoms. The minimum absolute atomic E-state index is 0.141. The number of nitrogen functional groups attached to an aromatic ring is 1. The number of rotatable bonds is 4. The van der Waals surface area contributed by atoms with Gasteiger partial charge in [0.25, 0.3) is 5.91 Å². The predicted octanol–water partition coefficient (Wildman–Crippen LogP) is 0.743. The fourth-order valence-corrected chi connectivity index (χ4v) is 1.63. The quantitative estimate of drug-likeness (QED) is 0.727. The maximum atomic E-state index is 11.9. The molecule has 0 spiro atoms. The Hall–Kier alpha value is -2.24. The molecule has 6 nitrogen and oxygen atoms in total. The molecule has 1 amide bonds. The molecule has 0 aliphatic carbocycles. The Morgan fingerprint density at radius 1 is 1.65 bits per heavy atom. The van der Waals surface area contributed by atoms with Crippen molar-refractivity contribution in [2.45, 2.75) is 20.0 Å². The highest BCUT2D eigenvalue weighted by Crippen LogP contribution is 2.10. The minimum Gasteiger partial charge on any atom is -0.397 e. The summed E-state index contributed by atoms with van der Waals surface area (Å²) in [5.41, 5.74) is 7.70. The van der Waals surface area contributed by atoms with Gasteiger partial charge >= 0.3 is 0 Å². The van der Waals surface area contributed by atoms with Crippen LogP contribution in [0.4, 0.5) is 5.69 Å². The Morgan fingerprint density at radius 3 is 3.12 bits per heavy atom. The summed E-state index contributed by atoms with van der Waals surface area (Å²) in [4.78, 5) is 11.9. The van der Waals surface area contributed by atoms with Crippen LogP contribution in [0.3, 0.4) is 0 Å². The van der Waals surface area contributed by atoms with Crippen LogP contribution in [-0.4, -0.2) is 20.7 Å². The van der Waals surface area contributed by atoms with Crippen LogP contribution in [-0.2, 0) is 13.1 Å². The molecule has 2 heterocycles. The second-order valence-corrected chi connectivity index (χ2v) is 3.71. The fraction of sp³-hybridized carbons (Fsp3) is 0.273. The first-order valence-corrected chi connectivity index (χ1v) is 5.42. The van der Waals surface area contributed by atoms with Gasteiger partial charge in [-0.25, -0.2) is 0 Å². The average molecular weight is 233 g/mol. The normalized spacial score (nSPS) is 10.4. The Morgan fingerprint density at radius 2 is 2.47 bits per heavy atom. The van der Waals surface area contributed by atoms with Crippen molar-refractivity contribution in [1.29, 1.82) is 0 Å². The summed E-state index contributed by atoms with van der Waals surface area (Å²) in [7, 11) is 0. The standard InChI is InChI=1S/C11H15N5O/c1-2-16-7-8(12)5-10(16)11(17)13-6-9-3-4-14-15-9/h3-5,7H,2,6,12H2,1H3,(H,13,17)(H,14,15). The van der Waals surface area contributed by atoms with Gasteiger partial charge in [0.15, 0.2) is 0 Å². The lowest BCUT2D eigenvalue weighted by Crippen LogP contribution is -2.25. The van der Waals surface area contributed by atoms with Crippen molar-refractivity contribution in [3.63, 3.8) is 0 Å². The number of aromatic amines is 1. The lowest BCUT2D eigenvalue weighted by atomic mass is 10.3. The smallest absolute Gasteiger partial charge is 0.268 e. The van der Waals surface area contributed by atoms with Crippen LogP contribution in [0.5, 0.6) is 0 Å². The highest BCUT2D eigenvalue weighted by atomic mass is 16.1. The molecule has 17 heavy (non-hydrogen) atoms. The van der Waals surface area contributed by atoms with E-state index in [1.54, 1.807) is 18.5 Å². The molecule has 0 aliphatic rings. The highest BCUT2D eigenvalue weighted by molar-refractivity contribution is 5.93. The molecule has 0 aliphatic heterocycles. The van der Waals surface area contributed by atoms with Gasteiger partial charge in [0.05, 0.1) is 17.9 Å². The number of aryl methyl sites for hydroxylation is 1. The lowest BCUT2D eigenvalue weighted by molar-refractivity contribution is 0.0941. The molecule has 2 rings (SSSR count). The molecule has 0 radical (unpaired) electrons. The topological polar surface area (TPSA) is 88.7 Å². The molecule has 0 aromatic carbocycles. The third-order valence-corrected chi connectivity index (χ3v) is 2.49. The zero-order chi connectivity index (χ0) is 12.3. The van der Waals surface area contributed by atoms with Gasteiger partial charge in [-0.05, 0) is 19.1 Å². The molecule has 2 aromatic heterocycles. The summed E-state index contributed by atoms with van der Waals surface area (Å²) in [5, 5.41) is 9.39. The van der Waals surface area contributed by atoms with Crippen molar-refractivity contribution in [2.24, 2.45) is 0 Å². The number of nitrogens with two attached hydrogens (primary N) is 1. The van der Waals surface area contributed by atoms with E-state index in [1.165, 1.54) is 0 Å². The van der Waals surface area contributed by atoms with Crippen LogP contribution in [0.2, 0.25) is 0 Å². The van der Waals surface area contributed by atoms with Crippen LogP contribution in [0.25, 0.3) is 0 Å². The van der Waals surface area contributed by atoms with Crippen LogP contribution in [0.15, 0.2) is 24.5 Å². The first-order chi connectivity index (χ1) is 8.20. The molecule has 0 saturated heterocycles. The Bertz CT molecular complexity index is 500. The second-order valence-electron chi connectivity index (χ2n) is 3.71. The molecule has 0 saturated carbocycles. The van der Waals surface area contributed by atoms with Crippen molar-refractivity contribution >= 4 is 11.6 Å². The van der Waals surface area contributed by atoms with Gasteiger partial charge in [-0.15, -0.1) is 0 Å². The monoisotopic (exact) mass is 233 g/mol. The fourth-order valence-electron chi connectivity index (χ4n) is 1.63. The number of carbonyl (C=O) groups excluding carboxylic acids is 1. The molecule has 2 aromatic rings. The van der Waals surface area contributed by atoms with E-state index in [1.807, 2.05) is 17.6 Å². The molecular formula is C11H15N5O. The number of aromatic nitrogens is 3. The van der Waals surface area contributed by atoms with E-state index < -0.39 is 0 Å². The molecule has 0 fully saturated rings. The summed E-state index contributed by atoms with van der Waals surface area (Å²) in [6.45, 7) is 3.10. The first kappa shape index (κ1) is 11.3. The number of carbonyl (C=O) groups is 1. The summed E-state index contributed by atoms with van der Waals surface area (Å²) >= 11 is 0. The SMILES string of the molecule is CCn1cc(N)cc1C(=O)NCc1ccn[nH]1. The van der Waals surface area contributed by atoms with Crippen molar-refractivity contribution in [3.05, 3.63) is 35.9 Å². The summed E-state index contributed by atoms with van der Waals surface area (Å²) < 4.78 is 1.82. The summed E-state index contributed by atoms with van der Waals surface area (Å²) in [6.07, 6.45) is 3.40. The zero-order valence-corrected chi connectivity index (χ0v) is 9.60. The van der Waals surface area contributed by atoms with Gasteiger partial charge < -0.3 is 15.6 Å². The van der Waals surface area contributed by atoms with E-state index in [-0.39, 0.29) is 5.91 Å². The largest absolute Gasteiger partial charge is 0.397 e. The van der Waals surface area contributed by atoms with E-state index in [9.17, 15) is 4.79 Å². The van der Waals surface area contributed by atoms with Crippen molar-refractivity contribution < 1.29 is 4.79 Å². The maximum Gasteiger partial charge on any atom is 0.268 e. The van der Waals surface area contributed by atoms with E-state index in [4.69, 9.17) is 5.73 Å².